The second-order valence-corrected chi connectivity index (χ2v) is 8.00. The summed E-state index contributed by atoms with van der Waals surface area (Å²) in [6, 6.07) is 8.30. The number of hydrogen-bond donors (Lipinski definition) is 2. The molecule has 3 aromatic rings. The molecule has 0 aliphatic carbocycles. The number of imidazole rings is 1. The molecular weight excluding hydrogens is 338 g/mol. The Morgan fingerprint density at radius 2 is 2.11 bits per heavy atom. The molecule has 140 valence electrons. The van der Waals surface area contributed by atoms with Crippen LogP contribution in [0.25, 0.3) is 10.9 Å². The van der Waals surface area contributed by atoms with Gasteiger partial charge in [-0.2, -0.15) is 0 Å². The van der Waals surface area contributed by atoms with Gasteiger partial charge in [-0.25, -0.2) is 4.98 Å². The number of H-pyrrole nitrogens is 2. The Morgan fingerprint density at radius 3 is 2.96 bits per heavy atom. The van der Waals surface area contributed by atoms with Gasteiger partial charge in [-0.15, -0.1) is 0 Å². The number of aromatic amines is 2. The summed E-state index contributed by atoms with van der Waals surface area (Å²) in [5.74, 6) is 0.708. The van der Waals surface area contributed by atoms with Gasteiger partial charge in [0.15, 0.2) is 0 Å². The van der Waals surface area contributed by atoms with Gasteiger partial charge in [-0.3, -0.25) is 9.69 Å². The third-order valence-electron chi connectivity index (χ3n) is 6.16. The fraction of sp³-hybridized carbons (Fsp3) is 0.429. The van der Waals surface area contributed by atoms with E-state index in [2.05, 4.69) is 31.7 Å². The summed E-state index contributed by atoms with van der Waals surface area (Å²) in [7, 11) is 0. The number of carbonyl (C=O) groups excluding carboxylic acids is 1. The van der Waals surface area contributed by atoms with E-state index in [0.717, 1.165) is 60.5 Å². The highest BCUT2D eigenvalue weighted by molar-refractivity contribution is 5.98. The van der Waals surface area contributed by atoms with Crippen LogP contribution < -0.4 is 0 Å². The first kappa shape index (κ1) is 16.6. The second-order valence-electron chi connectivity index (χ2n) is 8.00. The zero-order valence-corrected chi connectivity index (χ0v) is 15.6. The molecule has 0 unspecified atom stereocenters. The summed E-state index contributed by atoms with van der Waals surface area (Å²) in [6.45, 7) is 5.77. The summed E-state index contributed by atoms with van der Waals surface area (Å²) < 4.78 is 0. The zero-order valence-electron chi connectivity index (χ0n) is 15.6. The van der Waals surface area contributed by atoms with Crippen molar-refractivity contribution in [1.82, 2.24) is 24.8 Å². The number of aryl methyl sites for hydroxylation is 1. The maximum atomic E-state index is 13.3. The van der Waals surface area contributed by atoms with Crippen LogP contribution in [0.2, 0.25) is 0 Å². The van der Waals surface area contributed by atoms with Crippen molar-refractivity contribution in [2.75, 3.05) is 19.6 Å². The van der Waals surface area contributed by atoms with E-state index in [4.69, 9.17) is 0 Å². The van der Waals surface area contributed by atoms with Gasteiger partial charge >= 0.3 is 0 Å². The smallest absolute Gasteiger partial charge is 0.254 e. The standard InChI is InChI=1S/C21H25N5O/c1-14-20(24-13-23-14)12-25-9-15-2-5-18(11-25)26(10-15)21(27)17-4-3-16-6-7-22-19(16)8-17/h3-4,6-8,13,15,18,22H,2,5,9-12H2,1H3,(H,23,24)/t15-,18+/m1/s1. The molecule has 2 N–H and O–H groups in total. The van der Waals surface area contributed by atoms with Crippen LogP contribution in [0.4, 0.5) is 0 Å². The molecule has 6 nitrogen and oxygen atoms in total. The molecule has 27 heavy (non-hydrogen) atoms. The van der Waals surface area contributed by atoms with E-state index in [1.54, 1.807) is 6.33 Å². The molecule has 3 fully saturated rings. The van der Waals surface area contributed by atoms with Crippen molar-refractivity contribution in [3.8, 4) is 0 Å². The summed E-state index contributed by atoms with van der Waals surface area (Å²) in [6.07, 6.45) is 5.99. The number of benzene rings is 1. The molecule has 0 saturated carbocycles. The second kappa shape index (κ2) is 6.53. The molecule has 2 bridgehead atoms. The van der Waals surface area contributed by atoms with Crippen LogP contribution in [0.5, 0.6) is 0 Å². The van der Waals surface area contributed by atoms with Crippen LogP contribution in [0, 0.1) is 12.8 Å². The monoisotopic (exact) mass is 363 g/mol. The van der Waals surface area contributed by atoms with Crippen molar-refractivity contribution < 1.29 is 4.79 Å². The molecule has 3 aliphatic rings. The van der Waals surface area contributed by atoms with E-state index >= 15 is 0 Å². The number of nitrogens with zero attached hydrogens (tertiary/aromatic N) is 3. The Labute approximate surface area is 158 Å². The molecule has 6 heteroatoms. The van der Waals surface area contributed by atoms with Crippen molar-refractivity contribution >= 4 is 16.8 Å². The minimum atomic E-state index is 0.166. The molecule has 3 aliphatic heterocycles. The highest BCUT2D eigenvalue weighted by Gasteiger charge is 2.37. The van der Waals surface area contributed by atoms with Crippen molar-refractivity contribution in [3.63, 3.8) is 0 Å². The fourth-order valence-corrected chi connectivity index (χ4v) is 4.66. The van der Waals surface area contributed by atoms with E-state index in [9.17, 15) is 4.79 Å². The van der Waals surface area contributed by atoms with Crippen molar-refractivity contribution in [2.24, 2.45) is 5.92 Å². The number of fused-ring (bicyclic) bond motifs is 5. The van der Waals surface area contributed by atoms with E-state index in [-0.39, 0.29) is 11.9 Å². The molecule has 1 aromatic carbocycles. The SMILES string of the molecule is Cc1[nH]cnc1CN1C[C@H]2CC[C@@H](C1)N(C(=O)c1ccc3cc[nH]c3c1)C2. The Hall–Kier alpha value is -2.60. The highest BCUT2D eigenvalue weighted by atomic mass is 16.2. The van der Waals surface area contributed by atoms with E-state index < -0.39 is 0 Å². The highest BCUT2D eigenvalue weighted by Crippen LogP contribution is 2.30. The Bertz CT molecular complexity index is 974. The summed E-state index contributed by atoms with van der Waals surface area (Å²) in [4.78, 5) is 28.7. The lowest BCUT2D eigenvalue weighted by Crippen LogP contribution is -2.47. The minimum Gasteiger partial charge on any atom is -0.361 e. The molecule has 0 spiro atoms. The molecule has 5 heterocycles. The largest absolute Gasteiger partial charge is 0.361 e. The predicted molar refractivity (Wildman–Crippen MR) is 104 cm³/mol. The average Bonchev–Trinajstić information content (AvgIpc) is 3.20. The van der Waals surface area contributed by atoms with Gasteiger partial charge in [-0.05, 0) is 49.3 Å². The van der Waals surface area contributed by atoms with Crippen LogP contribution in [-0.4, -0.2) is 56.3 Å². The number of piperidine rings is 1. The Morgan fingerprint density at radius 1 is 1.19 bits per heavy atom. The summed E-state index contributed by atoms with van der Waals surface area (Å²) in [5, 5.41) is 1.14. The van der Waals surface area contributed by atoms with E-state index in [0.29, 0.717) is 5.92 Å². The summed E-state index contributed by atoms with van der Waals surface area (Å²) in [5.41, 5.74) is 4.06. The molecule has 6 rings (SSSR count). The normalized spacial score (nSPS) is 23.1. The molecular formula is C21H25N5O. The number of nitrogens with one attached hydrogen (secondary N) is 2. The first-order chi connectivity index (χ1) is 13.2. The minimum absolute atomic E-state index is 0.166. The van der Waals surface area contributed by atoms with Crippen LogP contribution in [0.15, 0.2) is 36.8 Å². The van der Waals surface area contributed by atoms with Gasteiger partial charge in [-0.1, -0.05) is 6.07 Å². The Balaban J connectivity index is 1.36. The van der Waals surface area contributed by atoms with Crippen LogP contribution in [-0.2, 0) is 6.54 Å². The average molecular weight is 363 g/mol. The molecule has 3 saturated heterocycles. The number of rotatable bonds is 3. The van der Waals surface area contributed by atoms with Crippen molar-refractivity contribution in [2.45, 2.75) is 32.4 Å². The van der Waals surface area contributed by atoms with Gasteiger partial charge in [0.1, 0.15) is 0 Å². The molecule has 1 amide bonds. The van der Waals surface area contributed by atoms with Crippen molar-refractivity contribution in [3.05, 3.63) is 53.7 Å². The predicted octanol–water partition coefficient (Wildman–Crippen LogP) is 2.94. The quantitative estimate of drug-likeness (QED) is 0.752. The fourth-order valence-electron chi connectivity index (χ4n) is 4.66. The number of aromatic nitrogens is 3. The third kappa shape index (κ3) is 3.04. The molecule has 2 aromatic heterocycles. The van der Waals surface area contributed by atoms with Crippen LogP contribution >= 0.6 is 0 Å². The van der Waals surface area contributed by atoms with Gasteiger partial charge < -0.3 is 14.9 Å². The zero-order chi connectivity index (χ0) is 18.4. The summed E-state index contributed by atoms with van der Waals surface area (Å²) >= 11 is 0. The van der Waals surface area contributed by atoms with Crippen LogP contribution in [0.1, 0.15) is 34.6 Å². The van der Waals surface area contributed by atoms with Crippen LogP contribution in [0.3, 0.4) is 0 Å². The third-order valence-corrected chi connectivity index (χ3v) is 6.16. The molecule has 2 atom stereocenters. The first-order valence-electron chi connectivity index (χ1n) is 9.76. The van der Waals surface area contributed by atoms with E-state index in [1.807, 2.05) is 30.5 Å². The van der Waals surface area contributed by atoms with Gasteiger partial charge in [0.25, 0.3) is 5.91 Å². The molecule has 0 radical (unpaired) electrons. The number of hydrogen-bond acceptors (Lipinski definition) is 3. The maximum absolute atomic E-state index is 13.3. The lowest BCUT2D eigenvalue weighted by atomic mass is 9.94. The lowest BCUT2D eigenvalue weighted by molar-refractivity contribution is 0.0585. The number of carbonyl (C=O) groups is 1. The van der Waals surface area contributed by atoms with E-state index in [1.165, 1.54) is 6.42 Å². The van der Waals surface area contributed by atoms with Gasteiger partial charge in [0.05, 0.1) is 12.0 Å². The van der Waals surface area contributed by atoms with Crippen molar-refractivity contribution in [1.29, 1.82) is 0 Å². The maximum Gasteiger partial charge on any atom is 0.254 e. The lowest BCUT2D eigenvalue weighted by Gasteiger charge is -2.36. The topological polar surface area (TPSA) is 68.0 Å². The van der Waals surface area contributed by atoms with Gasteiger partial charge in [0, 0.05) is 55.2 Å². The first-order valence-corrected chi connectivity index (χ1v) is 9.76. The number of amides is 1. The van der Waals surface area contributed by atoms with Gasteiger partial charge in [0.2, 0.25) is 0 Å². The Kier molecular flexibility index (Phi) is 4.01.